The van der Waals surface area contributed by atoms with Gasteiger partial charge < -0.3 is 19.7 Å². The minimum absolute atomic E-state index is 0.0274. The van der Waals surface area contributed by atoms with Crippen LogP contribution in [-0.2, 0) is 0 Å². The van der Waals surface area contributed by atoms with E-state index >= 15 is 0 Å². The van der Waals surface area contributed by atoms with Crippen LogP contribution in [0.1, 0.15) is 10.4 Å². The molecule has 2 fully saturated rings. The molecule has 0 aromatic heterocycles. The maximum atomic E-state index is 12.6. The summed E-state index contributed by atoms with van der Waals surface area (Å²) in [6.45, 7) is 3.82. The van der Waals surface area contributed by atoms with Crippen molar-refractivity contribution < 1.29 is 14.3 Å². The highest BCUT2D eigenvalue weighted by atomic mass is 35.5. The molecule has 1 N–H and O–H groups in total. The number of carbonyl (C=O) groups is 1. The van der Waals surface area contributed by atoms with Crippen molar-refractivity contribution in [3.63, 3.8) is 0 Å². The number of rotatable bonds is 1. The number of nitrogens with zero attached hydrogens (tertiary/aromatic N) is 1. The Hall–Kier alpha value is -1.46. The Morgan fingerprint density at radius 1 is 1.25 bits per heavy atom. The summed E-state index contributed by atoms with van der Waals surface area (Å²) in [6.07, 6.45) is 0. The highest BCUT2D eigenvalue weighted by Gasteiger charge is 2.38. The summed E-state index contributed by atoms with van der Waals surface area (Å²) in [6, 6.07) is 3.40. The minimum atomic E-state index is 0.0274. The second-order valence-electron chi connectivity index (χ2n) is 5.58. The molecular formula is C14H15ClN2O3. The van der Waals surface area contributed by atoms with Gasteiger partial charge in [0.25, 0.3) is 5.91 Å². The molecule has 3 aliphatic heterocycles. The molecule has 6 heteroatoms. The van der Waals surface area contributed by atoms with Crippen molar-refractivity contribution in [2.45, 2.75) is 0 Å². The molecule has 1 aromatic rings. The zero-order chi connectivity index (χ0) is 13.7. The van der Waals surface area contributed by atoms with Crippen molar-refractivity contribution in [1.82, 2.24) is 10.2 Å². The fourth-order valence-corrected chi connectivity index (χ4v) is 3.56. The van der Waals surface area contributed by atoms with Crippen LogP contribution in [0.5, 0.6) is 11.5 Å². The van der Waals surface area contributed by atoms with Crippen molar-refractivity contribution in [3.05, 3.63) is 22.7 Å². The summed E-state index contributed by atoms with van der Waals surface area (Å²) < 4.78 is 10.6. The van der Waals surface area contributed by atoms with Gasteiger partial charge in [0.05, 0.1) is 5.02 Å². The third-order valence-corrected chi connectivity index (χ3v) is 4.63. The van der Waals surface area contributed by atoms with Crippen molar-refractivity contribution >= 4 is 17.5 Å². The molecule has 3 aliphatic rings. The molecular weight excluding hydrogens is 280 g/mol. The first kappa shape index (κ1) is 12.3. The largest absolute Gasteiger partial charge is 0.454 e. The Bertz CT molecular complexity index is 566. The van der Waals surface area contributed by atoms with Gasteiger partial charge in [0, 0.05) is 31.7 Å². The van der Waals surface area contributed by atoms with Gasteiger partial charge in [-0.25, -0.2) is 0 Å². The Morgan fingerprint density at radius 2 is 2.00 bits per heavy atom. The number of fused-ring (bicyclic) bond motifs is 2. The molecule has 2 saturated heterocycles. The van der Waals surface area contributed by atoms with Crippen LogP contribution >= 0.6 is 11.6 Å². The van der Waals surface area contributed by atoms with Gasteiger partial charge >= 0.3 is 0 Å². The lowest BCUT2D eigenvalue weighted by atomic mass is 10.0. The van der Waals surface area contributed by atoms with E-state index in [-0.39, 0.29) is 12.7 Å². The summed E-state index contributed by atoms with van der Waals surface area (Å²) in [7, 11) is 0. The van der Waals surface area contributed by atoms with Crippen molar-refractivity contribution in [2.75, 3.05) is 33.0 Å². The van der Waals surface area contributed by atoms with Gasteiger partial charge in [-0.2, -0.15) is 0 Å². The van der Waals surface area contributed by atoms with Crippen LogP contribution in [0.3, 0.4) is 0 Å². The molecule has 5 nitrogen and oxygen atoms in total. The van der Waals surface area contributed by atoms with E-state index in [9.17, 15) is 4.79 Å². The molecule has 3 heterocycles. The van der Waals surface area contributed by atoms with E-state index in [0.717, 1.165) is 26.2 Å². The summed E-state index contributed by atoms with van der Waals surface area (Å²) in [5, 5.41) is 3.81. The average molecular weight is 295 g/mol. The van der Waals surface area contributed by atoms with Crippen LogP contribution < -0.4 is 14.8 Å². The second kappa shape index (κ2) is 4.53. The van der Waals surface area contributed by atoms with E-state index in [4.69, 9.17) is 21.1 Å². The fourth-order valence-electron chi connectivity index (χ4n) is 3.29. The van der Waals surface area contributed by atoms with E-state index in [2.05, 4.69) is 5.32 Å². The SMILES string of the molecule is O=C(c1cc(Cl)c2c(c1)OCO2)N1C[C@H]2CNC[C@H]2C1. The van der Waals surface area contributed by atoms with E-state index in [1.54, 1.807) is 12.1 Å². The second-order valence-corrected chi connectivity index (χ2v) is 5.99. The molecule has 1 amide bonds. The van der Waals surface area contributed by atoms with Crippen LogP contribution in [0, 0.1) is 11.8 Å². The number of hydrogen-bond acceptors (Lipinski definition) is 4. The first-order chi connectivity index (χ1) is 9.72. The van der Waals surface area contributed by atoms with Crippen LogP contribution in [0.25, 0.3) is 0 Å². The van der Waals surface area contributed by atoms with Gasteiger partial charge in [-0.15, -0.1) is 0 Å². The monoisotopic (exact) mass is 294 g/mol. The molecule has 0 bridgehead atoms. The van der Waals surface area contributed by atoms with E-state index in [0.29, 0.717) is 33.9 Å². The minimum Gasteiger partial charge on any atom is -0.454 e. The Labute approximate surface area is 121 Å². The number of amides is 1. The third-order valence-electron chi connectivity index (χ3n) is 4.35. The van der Waals surface area contributed by atoms with Crippen molar-refractivity contribution in [3.8, 4) is 11.5 Å². The maximum absolute atomic E-state index is 12.6. The summed E-state index contributed by atoms with van der Waals surface area (Å²) >= 11 is 6.14. The zero-order valence-corrected chi connectivity index (χ0v) is 11.7. The number of likely N-dealkylation sites (tertiary alicyclic amines) is 1. The van der Waals surface area contributed by atoms with E-state index in [1.165, 1.54) is 0 Å². The predicted octanol–water partition coefficient (Wildman–Crippen LogP) is 1.36. The van der Waals surface area contributed by atoms with Gasteiger partial charge in [0.15, 0.2) is 11.5 Å². The molecule has 0 saturated carbocycles. The van der Waals surface area contributed by atoms with Crippen LogP contribution in [0.4, 0.5) is 0 Å². The highest BCUT2D eigenvalue weighted by molar-refractivity contribution is 6.32. The smallest absolute Gasteiger partial charge is 0.254 e. The quantitative estimate of drug-likeness (QED) is 0.850. The first-order valence-electron chi connectivity index (χ1n) is 6.81. The normalized spacial score (nSPS) is 26.9. The van der Waals surface area contributed by atoms with Crippen LogP contribution in [0.2, 0.25) is 5.02 Å². The van der Waals surface area contributed by atoms with Crippen molar-refractivity contribution in [1.29, 1.82) is 0 Å². The number of hydrogen-bond donors (Lipinski definition) is 1. The van der Waals surface area contributed by atoms with Crippen molar-refractivity contribution in [2.24, 2.45) is 11.8 Å². The molecule has 1 aromatic carbocycles. The van der Waals surface area contributed by atoms with Crippen LogP contribution in [0.15, 0.2) is 12.1 Å². The average Bonchev–Trinajstić information content (AvgIpc) is 3.12. The lowest BCUT2D eigenvalue weighted by molar-refractivity contribution is 0.0781. The van der Waals surface area contributed by atoms with E-state index in [1.807, 2.05) is 4.90 Å². The standard InChI is InChI=1S/C14H15ClN2O3/c15-11-1-8(2-12-13(11)20-7-19-12)14(18)17-5-9-3-16-4-10(9)6-17/h1-2,9-10,16H,3-7H2/t9-,10+. The number of halogens is 1. The number of ether oxygens (including phenoxy) is 2. The van der Waals surface area contributed by atoms with Crippen LogP contribution in [-0.4, -0.2) is 43.8 Å². The molecule has 20 heavy (non-hydrogen) atoms. The van der Waals surface area contributed by atoms with Gasteiger partial charge in [-0.1, -0.05) is 11.6 Å². The summed E-state index contributed by atoms with van der Waals surface area (Å²) in [5.74, 6) is 2.29. The summed E-state index contributed by atoms with van der Waals surface area (Å²) in [4.78, 5) is 14.5. The summed E-state index contributed by atoms with van der Waals surface area (Å²) in [5.41, 5.74) is 0.576. The predicted molar refractivity (Wildman–Crippen MR) is 73.3 cm³/mol. The molecule has 4 rings (SSSR count). The molecule has 106 valence electrons. The zero-order valence-electron chi connectivity index (χ0n) is 10.9. The first-order valence-corrected chi connectivity index (χ1v) is 7.19. The molecule has 0 aliphatic carbocycles. The van der Waals surface area contributed by atoms with Gasteiger partial charge in [-0.3, -0.25) is 4.79 Å². The Balaban J connectivity index is 1.59. The lowest BCUT2D eigenvalue weighted by Gasteiger charge is -2.18. The molecule has 0 radical (unpaired) electrons. The number of nitrogens with one attached hydrogen (secondary N) is 1. The van der Waals surface area contributed by atoms with Gasteiger partial charge in [-0.05, 0) is 24.0 Å². The van der Waals surface area contributed by atoms with Gasteiger partial charge in [0.2, 0.25) is 6.79 Å². The molecule has 0 spiro atoms. The third kappa shape index (κ3) is 1.84. The van der Waals surface area contributed by atoms with E-state index < -0.39 is 0 Å². The number of benzene rings is 1. The molecule has 2 atom stereocenters. The van der Waals surface area contributed by atoms with Gasteiger partial charge in [0.1, 0.15) is 0 Å². The fraction of sp³-hybridized carbons (Fsp3) is 0.500. The lowest BCUT2D eigenvalue weighted by Crippen LogP contribution is -2.31. The molecule has 0 unspecified atom stereocenters. The topological polar surface area (TPSA) is 50.8 Å². The number of carbonyl (C=O) groups excluding carboxylic acids is 1. The Kier molecular flexibility index (Phi) is 2.79. The maximum Gasteiger partial charge on any atom is 0.254 e. The highest BCUT2D eigenvalue weighted by Crippen LogP contribution is 2.40. The Morgan fingerprint density at radius 3 is 2.75 bits per heavy atom.